The Morgan fingerprint density at radius 1 is 1.14 bits per heavy atom. The number of rotatable bonds is 2. The van der Waals surface area contributed by atoms with Gasteiger partial charge in [0.15, 0.2) is 0 Å². The van der Waals surface area contributed by atoms with Gasteiger partial charge in [0.25, 0.3) is 5.91 Å². The summed E-state index contributed by atoms with van der Waals surface area (Å²) in [6, 6.07) is 3.20. The van der Waals surface area contributed by atoms with Gasteiger partial charge in [0, 0.05) is 39.3 Å². The van der Waals surface area contributed by atoms with E-state index in [0.717, 1.165) is 10.8 Å². The van der Waals surface area contributed by atoms with Crippen molar-refractivity contribution in [2.45, 2.75) is 33.3 Å². The second-order valence-corrected chi connectivity index (χ2v) is 7.55. The molecule has 1 aliphatic heterocycles. The van der Waals surface area contributed by atoms with Crippen molar-refractivity contribution in [1.82, 2.24) is 20.2 Å². The Morgan fingerprint density at radius 3 is 2.29 bits per heavy atom. The van der Waals surface area contributed by atoms with Crippen LogP contribution in [0.25, 0.3) is 6.08 Å². The highest BCUT2D eigenvalue weighted by Crippen LogP contribution is 2.12. The average Bonchev–Trinajstić information content (AvgIpc) is 3.03. The second kappa shape index (κ2) is 8.81. The number of hydrogen-bond acceptors (Lipinski definition) is 5. The van der Waals surface area contributed by atoms with Crippen molar-refractivity contribution in [2.75, 3.05) is 33.2 Å². The topological polar surface area (TPSA) is 95.3 Å². The number of hydrogen-bond donors (Lipinski definition) is 1. The van der Waals surface area contributed by atoms with Gasteiger partial charge in [-0.25, -0.2) is 14.6 Å². The molecule has 1 N–H and O–H groups in total. The van der Waals surface area contributed by atoms with Gasteiger partial charge in [-0.2, -0.15) is 0 Å². The van der Waals surface area contributed by atoms with E-state index in [0.29, 0.717) is 31.9 Å². The average molecular weight is 392 g/mol. The molecule has 0 spiro atoms. The normalized spacial score (nSPS) is 14.9. The summed E-state index contributed by atoms with van der Waals surface area (Å²) in [5.41, 5.74) is 1.93. The number of piperazine rings is 1. The van der Waals surface area contributed by atoms with Crippen molar-refractivity contribution < 1.29 is 23.5 Å². The molecule has 9 heteroatoms. The van der Waals surface area contributed by atoms with Crippen LogP contribution in [0.5, 0.6) is 0 Å². The summed E-state index contributed by atoms with van der Waals surface area (Å²) < 4.78 is 10.7. The van der Waals surface area contributed by atoms with Crippen LogP contribution in [0.2, 0.25) is 0 Å². The quantitative estimate of drug-likeness (QED) is 0.615. The van der Waals surface area contributed by atoms with Gasteiger partial charge >= 0.3 is 12.1 Å². The van der Waals surface area contributed by atoms with Gasteiger partial charge in [-0.15, -0.1) is 0 Å². The molecule has 0 aromatic carbocycles. The first-order chi connectivity index (χ1) is 13.0. The van der Waals surface area contributed by atoms with Crippen molar-refractivity contribution in [2.24, 2.45) is 0 Å². The van der Waals surface area contributed by atoms with E-state index in [1.807, 2.05) is 27.7 Å². The number of ether oxygens (including phenoxy) is 1. The smallest absolute Gasteiger partial charge is 0.410 e. The lowest BCUT2D eigenvalue weighted by molar-refractivity contribution is -0.119. The van der Waals surface area contributed by atoms with Crippen LogP contribution in [0.4, 0.5) is 9.59 Å². The summed E-state index contributed by atoms with van der Waals surface area (Å²) >= 11 is 0. The summed E-state index contributed by atoms with van der Waals surface area (Å²) in [4.78, 5) is 39.7. The minimum Gasteiger partial charge on any atom is -0.462 e. The number of nitrogens with one attached hydrogen (secondary N) is 1. The number of furan rings is 1. The Bertz CT molecular complexity index is 742. The van der Waals surface area contributed by atoms with Gasteiger partial charge in [0.1, 0.15) is 17.1 Å². The summed E-state index contributed by atoms with van der Waals surface area (Å²) in [5, 5.41) is 1.13. The zero-order valence-corrected chi connectivity index (χ0v) is 17.0. The fraction of sp³-hybridized carbons (Fsp3) is 0.526. The molecule has 1 aromatic rings. The number of hydrazine groups is 1. The van der Waals surface area contributed by atoms with Crippen LogP contribution in [0.1, 0.15) is 32.3 Å². The Kier molecular flexibility index (Phi) is 6.71. The summed E-state index contributed by atoms with van der Waals surface area (Å²) in [6.45, 7) is 8.71. The van der Waals surface area contributed by atoms with Crippen LogP contribution in [0.15, 0.2) is 22.6 Å². The van der Waals surface area contributed by atoms with Gasteiger partial charge < -0.3 is 19.0 Å². The molecule has 0 radical (unpaired) electrons. The predicted octanol–water partition coefficient (Wildman–Crippen LogP) is 2.24. The number of carbonyl (C=O) groups is 3. The van der Waals surface area contributed by atoms with Gasteiger partial charge in [-0.3, -0.25) is 10.2 Å². The van der Waals surface area contributed by atoms with Crippen molar-refractivity contribution in [3.05, 3.63) is 29.7 Å². The number of aryl methyl sites for hydroxylation is 1. The maximum Gasteiger partial charge on any atom is 0.410 e. The van der Waals surface area contributed by atoms with Crippen molar-refractivity contribution in [1.29, 1.82) is 0 Å². The van der Waals surface area contributed by atoms with Gasteiger partial charge in [0.2, 0.25) is 0 Å². The van der Waals surface area contributed by atoms with E-state index in [1.165, 1.54) is 19.2 Å². The van der Waals surface area contributed by atoms with E-state index in [4.69, 9.17) is 9.15 Å². The fourth-order valence-corrected chi connectivity index (χ4v) is 2.57. The SMILES string of the molecule is Cc1ccc(/C=C/C(=O)NN(C)C(=O)N2CCN(C(=O)OC(C)(C)C)CC2)o1. The van der Waals surface area contributed by atoms with Gasteiger partial charge in [-0.05, 0) is 45.9 Å². The largest absolute Gasteiger partial charge is 0.462 e. The molecule has 0 aliphatic carbocycles. The third-order valence-corrected chi connectivity index (χ3v) is 3.93. The Hall–Kier alpha value is -2.97. The molecular formula is C19H28N4O5. The molecule has 28 heavy (non-hydrogen) atoms. The van der Waals surface area contributed by atoms with E-state index >= 15 is 0 Å². The van der Waals surface area contributed by atoms with E-state index < -0.39 is 11.5 Å². The number of nitrogens with zero attached hydrogens (tertiary/aromatic N) is 3. The van der Waals surface area contributed by atoms with Gasteiger partial charge in [-0.1, -0.05) is 0 Å². The van der Waals surface area contributed by atoms with E-state index in [2.05, 4.69) is 5.43 Å². The molecule has 9 nitrogen and oxygen atoms in total. The minimum absolute atomic E-state index is 0.348. The van der Waals surface area contributed by atoms with E-state index in [9.17, 15) is 14.4 Å². The lowest BCUT2D eigenvalue weighted by Crippen LogP contribution is -2.56. The van der Waals surface area contributed by atoms with Crippen LogP contribution in [0, 0.1) is 6.92 Å². The molecule has 0 atom stereocenters. The lowest BCUT2D eigenvalue weighted by Gasteiger charge is -2.37. The zero-order chi connectivity index (χ0) is 20.9. The van der Waals surface area contributed by atoms with E-state index in [-0.39, 0.29) is 12.1 Å². The molecule has 1 saturated heterocycles. The Morgan fingerprint density at radius 2 is 1.75 bits per heavy atom. The lowest BCUT2D eigenvalue weighted by atomic mass is 10.2. The first-order valence-electron chi connectivity index (χ1n) is 9.11. The van der Waals surface area contributed by atoms with Crippen LogP contribution < -0.4 is 5.43 Å². The molecule has 2 rings (SSSR count). The molecule has 1 fully saturated rings. The summed E-state index contributed by atoms with van der Waals surface area (Å²) in [7, 11) is 1.48. The van der Waals surface area contributed by atoms with Crippen LogP contribution in [-0.2, 0) is 9.53 Å². The Balaban J connectivity index is 1.80. The molecule has 154 valence electrons. The first-order valence-corrected chi connectivity index (χ1v) is 9.11. The molecule has 1 aromatic heterocycles. The first kappa shape index (κ1) is 21.3. The molecule has 0 unspecified atom stereocenters. The molecule has 0 bridgehead atoms. The molecule has 4 amide bonds. The van der Waals surface area contributed by atoms with E-state index in [1.54, 1.807) is 21.9 Å². The summed E-state index contributed by atoms with van der Waals surface area (Å²) in [6.07, 6.45) is 2.43. The summed E-state index contributed by atoms with van der Waals surface area (Å²) in [5.74, 6) is 0.857. The zero-order valence-electron chi connectivity index (χ0n) is 17.0. The number of amides is 4. The van der Waals surface area contributed by atoms with Crippen LogP contribution >= 0.6 is 0 Å². The molecule has 2 heterocycles. The highest BCUT2D eigenvalue weighted by molar-refractivity contribution is 5.92. The maximum atomic E-state index is 12.5. The number of urea groups is 1. The highest BCUT2D eigenvalue weighted by atomic mass is 16.6. The van der Waals surface area contributed by atoms with Gasteiger partial charge in [0.05, 0.1) is 0 Å². The third-order valence-electron chi connectivity index (χ3n) is 3.93. The van der Waals surface area contributed by atoms with Crippen LogP contribution in [0.3, 0.4) is 0 Å². The van der Waals surface area contributed by atoms with Crippen molar-refractivity contribution in [3.8, 4) is 0 Å². The van der Waals surface area contributed by atoms with Crippen molar-refractivity contribution in [3.63, 3.8) is 0 Å². The monoisotopic (exact) mass is 392 g/mol. The van der Waals surface area contributed by atoms with Crippen LogP contribution in [-0.4, -0.2) is 71.7 Å². The number of carbonyl (C=O) groups excluding carboxylic acids is 3. The maximum absolute atomic E-state index is 12.5. The minimum atomic E-state index is -0.559. The molecular weight excluding hydrogens is 364 g/mol. The third kappa shape index (κ3) is 6.33. The molecule has 1 aliphatic rings. The second-order valence-electron chi connectivity index (χ2n) is 7.55. The molecule has 0 saturated carbocycles. The fourth-order valence-electron chi connectivity index (χ4n) is 2.57. The Labute approximate surface area is 164 Å². The standard InChI is InChI=1S/C19H28N4O5/c1-14-6-7-15(27-14)8-9-16(24)20-21(5)17(25)22-10-12-23(13-11-22)18(26)28-19(2,3)4/h6-9H,10-13H2,1-5H3,(H,20,24)/b9-8+. The predicted molar refractivity (Wildman–Crippen MR) is 103 cm³/mol. The van der Waals surface area contributed by atoms with Crippen molar-refractivity contribution >= 4 is 24.1 Å². The highest BCUT2D eigenvalue weighted by Gasteiger charge is 2.29.